The van der Waals surface area contributed by atoms with E-state index in [0.717, 1.165) is 0 Å². The lowest BCUT2D eigenvalue weighted by atomic mass is 9.98. The summed E-state index contributed by atoms with van der Waals surface area (Å²) in [5, 5.41) is 13.1. The van der Waals surface area contributed by atoms with Crippen molar-refractivity contribution in [1.82, 2.24) is 15.1 Å². The van der Waals surface area contributed by atoms with Gasteiger partial charge in [-0.1, -0.05) is 12.1 Å². The number of aliphatic hydroxyl groups is 1. The molecule has 3 amide bonds. The van der Waals surface area contributed by atoms with Crippen LogP contribution < -0.4 is 5.32 Å². The topological polar surface area (TPSA) is 72.9 Å². The number of hydrogen-bond donors (Lipinski definition) is 2. The van der Waals surface area contributed by atoms with Gasteiger partial charge in [0, 0.05) is 25.7 Å². The van der Waals surface area contributed by atoms with Crippen molar-refractivity contribution in [2.45, 2.75) is 38.0 Å². The van der Waals surface area contributed by atoms with Crippen LogP contribution in [0.15, 0.2) is 24.3 Å². The van der Waals surface area contributed by atoms with E-state index in [0.29, 0.717) is 25.1 Å². The quantitative estimate of drug-likeness (QED) is 0.813. The van der Waals surface area contributed by atoms with Gasteiger partial charge < -0.3 is 10.4 Å². The van der Waals surface area contributed by atoms with Gasteiger partial charge in [0.1, 0.15) is 11.4 Å². The maximum Gasteiger partial charge on any atom is 0.325 e. The highest BCUT2D eigenvalue weighted by Gasteiger charge is 2.55. The Bertz CT molecular complexity index is 666. The Morgan fingerprint density at radius 1 is 1.38 bits per heavy atom. The number of rotatable bonds is 4. The van der Waals surface area contributed by atoms with Gasteiger partial charge in [0.25, 0.3) is 5.91 Å². The van der Waals surface area contributed by atoms with Crippen LogP contribution in [-0.2, 0) is 4.79 Å². The Morgan fingerprint density at radius 3 is 2.75 bits per heavy atom. The van der Waals surface area contributed by atoms with Crippen LogP contribution >= 0.6 is 0 Å². The summed E-state index contributed by atoms with van der Waals surface area (Å²) in [6.45, 7) is 4.83. The number of nitrogens with one attached hydrogen (secondary N) is 1. The maximum atomic E-state index is 13.3. The van der Waals surface area contributed by atoms with Crippen molar-refractivity contribution in [3.8, 4) is 0 Å². The third-order valence-electron chi connectivity index (χ3n) is 4.72. The second kappa shape index (κ2) is 6.14. The number of hydrogen-bond acceptors (Lipinski definition) is 4. The molecule has 0 saturated carbocycles. The zero-order chi connectivity index (χ0) is 17.5. The van der Waals surface area contributed by atoms with Gasteiger partial charge in [0.2, 0.25) is 0 Å². The molecule has 2 atom stereocenters. The van der Waals surface area contributed by atoms with Crippen molar-refractivity contribution < 1.29 is 19.1 Å². The molecule has 2 saturated heterocycles. The average Bonchev–Trinajstić information content (AvgIpc) is 3.01. The summed E-state index contributed by atoms with van der Waals surface area (Å²) in [4.78, 5) is 27.9. The molecule has 0 bridgehead atoms. The zero-order valence-electron chi connectivity index (χ0n) is 13.8. The highest BCUT2D eigenvalue weighted by Crippen LogP contribution is 2.30. The number of halogens is 1. The van der Waals surface area contributed by atoms with E-state index in [9.17, 15) is 19.1 Å². The third-order valence-corrected chi connectivity index (χ3v) is 4.72. The van der Waals surface area contributed by atoms with Crippen LogP contribution in [0.25, 0.3) is 0 Å². The first kappa shape index (κ1) is 16.9. The number of nitrogens with zero attached hydrogens (tertiary/aromatic N) is 2. The fourth-order valence-corrected chi connectivity index (χ4v) is 3.50. The van der Waals surface area contributed by atoms with Gasteiger partial charge in [-0.25, -0.2) is 9.18 Å². The van der Waals surface area contributed by atoms with E-state index in [1.54, 1.807) is 26.0 Å². The van der Waals surface area contributed by atoms with Gasteiger partial charge in [-0.3, -0.25) is 14.6 Å². The molecule has 2 N–H and O–H groups in total. The predicted molar refractivity (Wildman–Crippen MR) is 85.7 cm³/mol. The number of benzene rings is 1. The van der Waals surface area contributed by atoms with Gasteiger partial charge in [-0.2, -0.15) is 0 Å². The van der Waals surface area contributed by atoms with E-state index in [1.807, 2.05) is 4.90 Å². The lowest BCUT2D eigenvalue weighted by Gasteiger charge is -2.24. The van der Waals surface area contributed by atoms with Crippen LogP contribution in [0.4, 0.5) is 9.18 Å². The fourth-order valence-electron chi connectivity index (χ4n) is 3.50. The van der Waals surface area contributed by atoms with Crippen LogP contribution in [0.2, 0.25) is 0 Å². The second-order valence-electron chi connectivity index (χ2n) is 6.84. The molecule has 2 aliphatic heterocycles. The maximum absolute atomic E-state index is 13.3. The Balaban J connectivity index is 1.68. The van der Waals surface area contributed by atoms with Gasteiger partial charge in [0.05, 0.1) is 6.10 Å². The van der Waals surface area contributed by atoms with E-state index < -0.39 is 17.5 Å². The summed E-state index contributed by atoms with van der Waals surface area (Å²) in [6, 6.07) is 5.31. The van der Waals surface area contributed by atoms with E-state index >= 15 is 0 Å². The molecule has 0 radical (unpaired) electrons. The molecule has 6 nitrogen and oxygen atoms in total. The van der Waals surface area contributed by atoms with Gasteiger partial charge in [-0.15, -0.1) is 0 Å². The predicted octanol–water partition coefficient (Wildman–Crippen LogP) is 1.26. The molecule has 0 aliphatic carbocycles. The van der Waals surface area contributed by atoms with Gasteiger partial charge in [0.15, 0.2) is 0 Å². The normalized spacial score (nSPS) is 25.8. The monoisotopic (exact) mass is 335 g/mol. The summed E-state index contributed by atoms with van der Waals surface area (Å²) < 4.78 is 13.3. The Labute approximate surface area is 140 Å². The summed E-state index contributed by atoms with van der Waals surface area (Å²) in [5.74, 6) is -0.597. The van der Waals surface area contributed by atoms with Crippen LogP contribution in [0.3, 0.4) is 0 Å². The summed E-state index contributed by atoms with van der Waals surface area (Å²) in [7, 11) is 0. The average molecular weight is 335 g/mol. The van der Waals surface area contributed by atoms with Crippen molar-refractivity contribution in [3.63, 3.8) is 0 Å². The molecular weight excluding hydrogens is 313 g/mol. The molecule has 0 unspecified atom stereocenters. The second-order valence-corrected chi connectivity index (χ2v) is 6.84. The molecule has 0 aromatic heterocycles. The molecule has 130 valence electrons. The molecule has 3 rings (SSSR count). The number of aliphatic hydroxyl groups excluding tert-OH is 1. The number of likely N-dealkylation sites (tertiary alicyclic amines) is 1. The summed E-state index contributed by atoms with van der Waals surface area (Å²) in [5.41, 5.74) is -0.398. The number of carbonyl (C=O) groups excluding carboxylic acids is 2. The number of imide groups is 1. The minimum atomic E-state index is -0.900. The van der Waals surface area contributed by atoms with Crippen molar-refractivity contribution >= 4 is 11.9 Å². The van der Waals surface area contributed by atoms with E-state index in [-0.39, 0.29) is 24.5 Å². The van der Waals surface area contributed by atoms with Crippen molar-refractivity contribution in [2.24, 2.45) is 0 Å². The molecule has 2 fully saturated rings. The van der Waals surface area contributed by atoms with E-state index in [1.165, 1.54) is 17.0 Å². The Morgan fingerprint density at radius 2 is 2.12 bits per heavy atom. The van der Waals surface area contributed by atoms with Crippen LogP contribution in [0, 0.1) is 5.82 Å². The molecule has 1 aromatic rings. The Kier molecular flexibility index (Phi) is 4.31. The minimum absolute atomic E-state index is 0.191. The van der Waals surface area contributed by atoms with Crippen LogP contribution in [0.1, 0.15) is 31.9 Å². The number of amides is 3. The minimum Gasteiger partial charge on any atom is -0.387 e. The van der Waals surface area contributed by atoms with E-state index in [2.05, 4.69) is 5.32 Å². The Hall–Kier alpha value is -1.99. The first-order valence-corrected chi connectivity index (χ1v) is 8.14. The lowest BCUT2D eigenvalue weighted by Crippen LogP contribution is -2.50. The third kappa shape index (κ3) is 2.89. The summed E-state index contributed by atoms with van der Waals surface area (Å²) >= 11 is 0. The largest absolute Gasteiger partial charge is 0.387 e. The highest BCUT2D eigenvalue weighted by atomic mass is 19.1. The van der Waals surface area contributed by atoms with Crippen molar-refractivity contribution in [3.05, 3.63) is 35.6 Å². The first-order valence-electron chi connectivity index (χ1n) is 8.14. The fraction of sp³-hybridized carbons (Fsp3) is 0.529. The summed E-state index contributed by atoms with van der Waals surface area (Å²) in [6.07, 6.45) is -0.333. The first-order chi connectivity index (χ1) is 11.3. The molecular formula is C17H22FN3O3. The molecule has 1 aromatic carbocycles. The zero-order valence-corrected chi connectivity index (χ0v) is 13.8. The van der Waals surface area contributed by atoms with Crippen LogP contribution in [0.5, 0.6) is 0 Å². The van der Waals surface area contributed by atoms with Gasteiger partial charge in [-0.05, 0) is 38.0 Å². The van der Waals surface area contributed by atoms with E-state index in [4.69, 9.17) is 0 Å². The molecule has 1 spiro atoms. The van der Waals surface area contributed by atoms with Crippen molar-refractivity contribution in [2.75, 3.05) is 19.6 Å². The molecule has 7 heteroatoms. The number of carbonyl (C=O) groups is 2. The number of β-amino-alcohol motifs (C(OH)–C–C–N with tert-alkyl or cyclic N) is 1. The molecule has 24 heavy (non-hydrogen) atoms. The van der Waals surface area contributed by atoms with Crippen molar-refractivity contribution in [1.29, 1.82) is 0 Å². The number of urea groups is 1. The highest BCUT2D eigenvalue weighted by molar-refractivity contribution is 6.07. The molecule has 2 aliphatic rings. The van der Waals surface area contributed by atoms with Gasteiger partial charge >= 0.3 is 6.03 Å². The van der Waals surface area contributed by atoms with Crippen LogP contribution in [-0.4, -0.2) is 58.1 Å². The lowest BCUT2D eigenvalue weighted by molar-refractivity contribution is -0.132. The smallest absolute Gasteiger partial charge is 0.325 e. The SMILES string of the molecule is CC(C)N1C(=O)N[C@]2(CCN(C[C@H](O)c3cccc(F)c3)C2)C1=O. The standard InChI is InChI=1S/C17H22FN3O3/c1-11(2)21-15(23)17(19-16(21)24)6-7-20(10-17)9-14(22)12-4-3-5-13(18)8-12/h3-5,8,11,14,22H,6-7,9-10H2,1-2H3,(H,19,24)/t14-,17-/m0/s1. The molecule has 2 heterocycles.